The third kappa shape index (κ3) is 3.27. The van der Waals surface area contributed by atoms with Crippen LogP contribution in [0.3, 0.4) is 0 Å². The smallest absolute Gasteiger partial charge is 0.198 e. The van der Waals surface area contributed by atoms with Gasteiger partial charge in [0.15, 0.2) is 5.43 Å². The summed E-state index contributed by atoms with van der Waals surface area (Å²) in [6, 6.07) is 6.07. The minimum atomic E-state index is 0.200. The van der Waals surface area contributed by atoms with E-state index in [1.807, 2.05) is 38.1 Å². The van der Waals surface area contributed by atoms with Gasteiger partial charge in [-0.2, -0.15) is 0 Å². The maximum atomic E-state index is 13.0. The molecule has 0 saturated carbocycles. The minimum Gasteiger partial charge on any atom is -0.378 e. The number of H-pyrrole nitrogens is 1. The van der Waals surface area contributed by atoms with Crippen molar-refractivity contribution in [2.45, 2.75) is 33.2 Å². The van der Waals surface area contributed by atoms with E-state index in [0.29, 0.717) is 0 Å². The van der Waals surface area contributed by atoms with Gasteiger partial charge in [-0.25, -0.2) is 0 Å². The summed E-state index contributed by atoms with van der Waals surface area (Å²) in [6.45, 7) is 7.55. The molecule has 4 heteroatoms. The van der Waals surface area contributed by atoms with Gasteiger partial charge < -0.3 is 14.8 Å². The Morgan fingerprint density at radius 1 is 1.26 bits per heavy atom. The highest BCUT2D eigenvalue weighted by Gasteiger charge is 2.21. The van der Waals surface area contributed by atoms with E-state index in [0.717, 1.165) is 40.3 Å². The van der Waals surface area contributed by atoms with Crippen LogP contribution < -0.4 is 15.2 Å². The van der Waals surface area contributed by atoms with Crippen molar-refractivity contribution in [1.82, 2.24) is 4.98 Å². The van der Waals surface area contributed by atoms with E-state index in [1.165, 1.54) is 25.9 Å². The molecule has 1 aromatic heterocycles. The molecule has 23 heavy (non-hydrogen) atoms. The fourth-order valence-electron chi connectivity index (χ4n) is 3.53. The Morgan fingerprint density at radius 3 is 2.61 bits per heavy atom. The predicted molar refractivity (Wildman–Crippen MR) is 96.4 cm³/mol. The summed E-state index contributed by atoms with van der Waals surface area (Å²) in [5.41, 5.74) is 4.18. The zero-order valence-corrected chi connectivity index (χ0v) is 14.7. The molecule has 1 aromatic carbocycles. The average molecular weight is 314 g/mol. The molecule has 2 heterocycles. The lowest BCUT2D eigenvalue weighted by molar-refractivity contribution is -0.919. The van der Waals surface area contributed by atoms with E-state index < -0.39 is 0 Å². The number of rotatable bonds is 3. The van der Waals surface area contributed by atoms with Crippen molar-refractivity contribution in [1.29, 1.82) is 0 Å². The van der Waals surface area contributed by atoms with Gasteiger partial charge in [0.25, 0.3) is 0 Å². The number of likely N-dealkylation sites (tertiary alicyclic amines) is 1. The summed E-state index contributed by atoms with van der Waals surface area (Å²) in [5.74, 6) is 0.831. The summed E-state index contributed by atoms with van der Waals surface area (Å²) in [6.07, 6.45) is 2.54. The Balaban J connectivity index is 1.98. The topological polar surface area (TPSA) is 40.5 Å². The number of aromatic nitrogens is 1. The highest BCUT2D eigenvalue weighted by molar-refractivity contribution is 5.83. The molecule has 1 aliphatic rings. The van der Waals surface area contributed by atoms with Crippen LogP contribution in [-0.4, -0.2) is 32.2 Å². The largest absolute Gasteiger partial charge is 0.378 e. The number of pyridine rings is 1. The lowest BCUT2D eigenvalue weighted by Crippen LogP contribution is -3.12. The third-order valence-corrected chi connectivity index (χ3v) is 5.22. The van der Waals surface area contributed by atoms with Crippen molar-refractivity contribution in [2.75, 3.05) is 32.1 Å². The third-order valence-electron chi connectivity index (χ3n) is 5.22. The van der Waals surface area contributed by atoms with E-state index in [9.17, 15) is 4.79 Å². The van der Waals surface area contributed by atoms with Crippen LogP contribution in [0.25, 0.3) is 10.9 Å². The second kappa shape index (κ2) is 6.36. The molecule has 0 unspecified atom stereocenters. The molecule has 1 saturated heterocycles. The van der Waals surface area contributed by atoms with Crippen LogP contribution in [0.15, 0.2) is 23.0 Å². The van der Waals surface area contributed by atoms with E-state index >= 15 is 0 Å². The second-order valence-corrected chi connectivity index (χ2v) is 7.29. The van der Waals surface area contributed by atoms with Gasteiger partial charge >= 0.3 is 0 Å². The zero-order valence-electron chi connectivity index (χ0n) is 14.7. The number of aryl methyl sites for hydroxylation is 1. The first-order valence-corrected chi connectivity index (χ1v) is 8.62. The molecular weight excluding hydrogens is 286 g/mol. The summed E-state index contributed by atoms with van der Waals surface area (Å²) in [7, 11) is 4.01. The van der Waals surface area contributed by atoms with Crippen molar-refractivity contribution < 1.29 is 4.90 Å². The van der Waals surface area contributed by atoms with Crippen LogP contribution in [-0.2, 0) is 6.54 Å². The van der Waals surface area contributed by atoms with Crippen LogP contribution in [0, 0.1) is 12.8 Å². The molecule has 1 fully saturated rings. The Morgan fingerprint density at radius 2 is 1.96 bits per heavy atom. The molecule has 0 atom stereocenters. The highest BCUT2D eigenvalue weighted by atomic mass is 16.1. The Labute approximate surface area is 138 Å². The van der Waals surface area contributed by atoms with E-state index in [-0.39, 0.29) is 5.43 Å². The summed E-state index contributed by atoms with van der Waals surface area (Å²) < 4.78 is 0. The number of hydrogen-bond acceptors (Lipinski definition) is 2. The lowest BCUT2D eigenvalue weighted by atomic mass is 9.98. The number of piperidine rings is 1. The van der Waals surface area contributed by atoms with Gasteiger partial charge in [0, 0.05) is 36.4 Å². The number of quaternary nitrogens is 1. The molecule has 0 amide bonds. The number of anilines is 1. The molecule has 0 spiro atoms. The molecule has 124 valence electrons. The fraction of sp³-hybridized carbons (Fsp3) is 0.526. The Bertz CT molecular complexity index is 755. The number of nitrogens with one attached hydrogen (secondary N) is 2. The van der Waals surface area contributed by atoms with Gasteiger partial charge in [0.1, 0.15) is 6.54 Å². The first kappa shape index (κ1) is 16.1. The number of hydrogen-bond donors (Lipinski definition) is 2. The van der Waals surface area contributed by atoms with Crippen LogP contribution in [0.5, 0.6) is 0 Å². The van der Waals surface area contributed by atoms with Gasteiger partial charge in [0.2, 0.25) is 0 Å². The van der Waals surface area contributed by atoms with Gasteiger partial charge in [-0.05, 0) is 43.9 Å². The monoisotopic (exact) mass is 314 g/mol. The number of nitrogens with zero attached hydrogens (tertiary/aromatic N) is 1. The van der Waals surface area contributed by atoms with Crippen LogP contribution in [0.1, 0.15) is 31.0 Å². The van der Waals surface area contributed by atoms with E-state index in [4.69, 9.17) is 0 Å². The van der Waals surface area contributed by atoms with Crippen molar-refractivity contribution in [2.24, 2.45) is 5.92 Å². The SMILES string of the molecule is Cc1[nH]c2ccc(N(C)C)cc2c(=O)c1C[NH+]1CCC(C)CC1. The standard InChI is InChI=1S/C19H27N3O/c1-13-7-9-22(10-8-13)12-17-14(2)20-18-6-5-15(21(3)4)11-16(18)19(17)23/h5-6,11,13H,7-10,12H2,1-4H3,(H,20,23)/p+1. The minimum absolute atomic E-state index is 0.200. The molecule has 0 aliphatic carbocycles. The molecule has 2 aromatic rings. The van der Waals surface area contributed by atoms with Crippen LogP contribution in [0.2, 0.25) is 0 Å². The zero-order chi connectivity index (χ0) is 16.6. The summed E-state index contributed by atoms with van der Waals surface area (Å²) in [5, 5.41) is 0.807. The van der Waals surface area contributed by atoms with Gasteiger partial charge in [0.05, 0.1) is 18.7 Å². The molecule has 4 nitrogen and oxygen atoms in total. The van der Waals surface area contributed by atoms with Crippen LogP contribution in [0.4, 0.5) is 5.69 Å². The summed E-state index contributed by atoms with van der Waals surface area (Å²) in [4.78, 5) is 20.0. The van der Waals surface area contributed by atoms with Gasteiger partial charge in [-0.3, -0.25) is 4.79 Å². The molecular formula is C19H28N3O+. The first-order chi connectivity index (χ1) is 11.0. The van der Waals surface area contributed by atoms with Gasteiger partial charge in [-0.1, -0.05) is 6.92 Å². The molecule has 1 aliphatic heterocycles. The number of aromatic amines is 1. The van der Waals surface area contributed by atoms with Crippen molar-refractivity contribution >= 4 is 16.6 Å². The highest BCUT2D eigenvalue weighted by Crippen LogP contribution is 2.18. The first-order valence-electron chi connectivity index (χ1n) is 8.62. The normalized spacial score (nSPS) is 21.6. The molecule has 3 rings (SSSR count). The molecule has 0 radical (unpaired) electrons. The van der Waals surface area contributed by atoms with E-state index in [1.54, 1.807) is 4.90 Å². The molecule has 2 N–H and O–H groups in total. The maximum absolute atomic E-state index is 13.0. The lowest BCUT2D eigenvalue weighted by Gasteiger charge is -2.27. The molecule has 0 bridgehead atoms. The Kier molecular flexibility index (Phi) is 4.44. The maximum Gasteiger partial charge on any atom is 0.198 e. The quantitative estimate of drug-likeness (QED) is 0.906. The predicted octanol–water partition coefficient (Wildman–Crippen LogP) is 1.72. The van der Waals surface area contributed by atoms with E-state index in [2.05, 4.69) is 18.0 Å². The Hall–Kier alpha value is -1.81. The number of benzene rings is 1. The summed E-state index contributed by atoms with van der Waals surface area (Å²) >= 11 is 0. The van der Waals surface area contributed by atoms with Crippen LogP contribution >= 0.6 is 0 Å². The van der Waals surface area contributed by atoms with Crippen molar-refractivity contribution in [3.8, 4) is 0 Å². The van der Waals surface area contributed by atoms with Crippen molar-refractivity contribution in [3.05, 3.63) is 39.7 Å². The average Bonchev–Trinajstić information content (AvgIpc) is 2.53. The van der Waals surface area contributed by atoms with Gasteiger partial charge in [-0.15, -0.1) is 0 Å². The number of fused-ring (bicyclic) bond motifs is 1. The fourth-order valence-corrected chi connectivity index (χ4v) is 3.53. The second-order valence-electron chi connectivity index (χ2n) is 7.29. The van der Waals surface area contributed by atoms with Crippen molar-refractivity contribution in [3.63, 3.8) is 0 Å².